The fraction of sp³-hybridized carbons (Fsp3) is 0.300. The Morgan fingerprint density at radius 1 is 1.21 bits per heavy atom. The second-order valence-corrected chi connectivity index (χ2v) is 6.43. The summed E-state index contributed by atoms with van der Waals surface area (Å²) in [5.74, 6) is -0.938. The van der Waals surface area contributed by atoms with E-state index < -0.39 is 5.97 Å². The minimum absolute atomic E-state index is 0.0303. The van der Waals surface area contributed by atoms with Crippen molar-refractivity contribution >= 4 is 11.9 Å². The maximum atomic E-state index is 12.3. The minimum atomic E-state index is -1.08. The van der Waals surface area contributed by atoms with Gasteiger partial charge in [-0.05, 0) is 36.6 Å². The monoisotopic (exact) mass is 382 g/mol. The van der Waals surface area contributed by atoms with Gasteiger partial charge in [0.1, 0.15) is 0 Å². The third kappa shape index (κ3) is 4.28. The maximum Gasteiger partial charge on any atom is 0.356 e. The molecule has 1 amide bonds. The van der Waals surface area contributed by atoms with Gasteiger partial charge in [-0.1, -0.05) is 31.1 Å². The molecule has 28 heavy (non-hydrogen) atoms. The molecule has 3 rings (SSSR count). The number of rotatable bonds is 8. The number of amides is 1. The Hall–Kier alpha value is -3.42. The Labute approximate surface area is 162 Å². The molecule has 0 aliphatic rings. The van der Waals surface area contributed by atoms with Crippen molar-refractivity contribution in [3.8, 4) is 5.69 Å². The summed E-state index contributed by atoms with van der Waals surface area (Å²) < 4.78 is 6.67. The molecule has 0 radical (unpaired) electrons. The Kier molecular flexibility index (Phi) is 5.88. The van der Waals surface area contributed by atoms with E-state index in [4.69, 9.17) is 9.63 Å². The number of carbonyl (C=O) groups is 2. The van der Waals surface area contributed by atoms with Crippen LogP contribution in [0.5, 0.6) is 0 Å². The predicted octanol–water partition coefficient (Wildman–Crippen LogP) is 3.39. The van der Waals surface area contributed by atoms with Gasteiger partial charge < -0.3 is 14.9 Å². The number of carboxylic acids is 1. The summed E-state index contributed by atoms with van der Waals surface area (Å²) >= 11 is 0. The fourth-order valence-corrected chi connectivity index (χ4v) is 2.96. The van der Waals surface area contributed by atoms with Crippen molar-refractivity contribution in [3.05, 3.63) is 65.3 Å². The molecule has 0 fully saturated rings. The quantitative estimate of drug-likeness (QED) is 0.618. The van der Waals surface area contributed by atoms with E-state index in [1.807, 2.05) is 24.3 Å². The molecule has 2 heterocycles. The molecule has 3 aromatic rings. The zero-order valence-corrected chi connectivity index (χ0v) is 15.8. The molecular formula is C20H22N4O4. The third-order valence-corrected chi connectivity index (χ3v) is 4.59. The van der Waals surface area contributed by atoms with Crippen LogP contribution >= 0.6 is 0 Å². The first-order chi connectivity index (χ1) is 13.5. The largest absolute Gasteiger partial charge is 0.476 e. The molecule has 8 heteroatoms. The summed E-state index contributed by atoms with van der Waals surface area (Å²) in [5, 5.41) is 19.8. The van der Waals surface area contributed by atoms with Gasteiger partial charge in [-0.3, -0.25) is 4.79 Å². The molecule has 0 unspecified atom stereocenters. The van der Waals surface area contributed by atoms with Crippen LogP contribution in [0, 0.1) is 0 Å². The summed E-state index contributed by atoms with van der Waals surface area (Å²) in [4.78, 5) is 23.3. The summed E-state index contributed by atoms with van der Waals surface area (Å²) in [5.41, 5.74) is 2.32. The van der Waals surface area contributed by atoms with Crippen molar-refractivity contribution in [2.75, 3.05) is 0 Å². The normalized spacial score (nSPS) is 11.0. The number of hydrogen-bond acceptors (Lipinski definition) is 5. The molecule has 0 spiro atoms. The Balaban J connectivity index is 1.66. The van der Waals surface area contributed by atoms with Crippen molar-refractivity contribution in [1.29, 1.82) is 0 Å². The van der Waals surface area contributed by atoms with Gasteiger partial charge in [0.2, 0.25) is 5.76 Å². The SMILES string of the molecule is CCC(CC)c1cc(C(=O)NCc2cccc(-n3ccc(C(=O)O)n3)c2)on1. The predicted molar refractivity (Wildman–Crippen MR) is 102 cm³/mol. The molecule has 2 N–H and O–H groups in total. The van der Waals surface area contributed by atoms with E-state index in [2.05, 4.69) is 29.4 Å². The first-order valence-electron chi connectivity index (χ1n) is 9.14. The lowest BCUT2D eigenvalue weighted by molar-refractivity contribution is 0.0689. The van der Waals surface area contributed by atoms with E-state index in [0.29, 0.717) is 12.2 Å². The van der Waals surface area contributed by atoms with Gasteiger partial charge in [0.05, 0.1) is 11.4 Å². The number of carbonyl (C=O) groups excluding carboxylic acids is 1. The molecule has 0 bridgehead atoms. The van der Waals surface area contributed by atoms with E-state index >= 15 is 0 Å². The fourth-order valence-electron chi connectivity index (χ4n) is 2.96. The van der Waals surface area contributed by atoms with Crippen LogP contribution in [0.25, 0.3) is 5.69 Å². The highest BCUT2D eigenvalue weighted by Crippen LogP contribution is 2.22. The van der Waals surface area contributed by atoms with Crippen LogP contribution in [-0.2, 0) is 6.54 Å². The number of benzene rings is 1. The first kappa shape index (κ1) is 19.3. The molecule has 8 nitrogen and oxygen atoms in total. The van der Waals surface area contributed by atoms with E-state index in [-0.39, 0.29) is 23.3 Å². The van der Waals surface area contributed by atoms with Gasteiger partial charge in [0.15, 0.2) is 5.69 Å². The zero-order chi connectivity index (χ0) is 20.1. The molecule has 0 atom stereocenters. The summed E-state index contributed by atoms with van der Waals surface area (Å²) in [6.07, 6.45) is 3.46. The lowest BCUT2D eigenvalue weighted by Gasteiger charge is -2.07. The molecule has 0 aliphatic carbocycles. The zero-order valence-electron chi connectivity index (χ0n) is 15.8. The van der Waals surface area contributed by atoms with E-state index in [0.717, 1.165) is 24.1 Å². The Morgan fingerprint density at radius 2 is 2.00 bits per heavy atom. The van der Waals surface area contributed by atoms with E-state index in [1.54, 1.807) is 12.3 Å². The Bertz CT molecular complexity index is 972. The number of aromatic nitrogens is 3. The minimum Gasteiger partial charge on any atom is -0.476 e. The topological polar surface area (TPSA) is 110 Å². The van der Waals surface area contributed by atoms with Crippen molar-refractivity contribution in [2.24, 2.45) is 0 Å². The average molecular weight is 382 g/mol. The molecule has 0 saturated carbocycles. The van der Waals surface area contributed by atoms with E-state index in [9.17, 15) is 9.59 Å². The first-order valence-corrected chi connectivity index (χ1v) is 9.14. The van der Waals surface area contributed by atoms with Crippen molar-refractivity contribution in [1.82, 2.24) is 20.3 Å². The van der Waals surface area contributed by atoms with Crippen LogP contribution in [-0.4, -0.2) is 31.9 Å². The number of hydrogen-bond donors (Lipinski definition) is 2. The van der Waals surface area contributed by atoms with Gasteiger partial charge in [0, 0.05) is 24.7 Å². The summed E-state index contributed by atoms with van der Waals surface area (Å²) in [7, 11) is 0. The lowest BCUT2D eigenvalue weighted by Crippen LogP contribution is -2.22. The highest BCUT2D eigenvalue weighted by molar-refractivity contribution is 5.91. The lowest BCUT2D eigenvalue weighted by atomic mass is 9.99. The van der Waals surface area contributed by atoms with Crippen molar-refractivity contribution in [2.45, 2.75) is 39.2 Å². The average Bonchev–Trinajstić information content (AvgIpc) is 3.38. The highest BCUT2D eigenvalue weighted by Gasteiger charge is 2.17. The smallest absolute Gasteiger partial charge is 0.356 e. The van der Waals surface area contributed by atoms with Crippen LogP contribution in [0.1, 0.15) is 64.9 Å². The molecule has 2 aromatic heterocycles. The third-order valence-electron chi connectivity index (χ3n) is 4.59. The number of nitrogens with zero attached hydrogens (tertiary/aromatic N) is 3. The molecule has 146 valence electrons. The molecular weight excluding hydrogens is 360 g/mol. The molecule has 0 saturated heterocycles. The number of nitrogens with one attached hydrogen (secondary N) is 1. The number of carboxylic acid groups (broad SMARTS) is 1. The van der Waals surface area contributed by atoms with Crippen LogP contribution in [0.3, 0.4) is 0 Å². The maximum absolute atomic E-state index is 12.3. The second kappa shape index (κ2) is 8.51. The number of aromatic carboxylic acids is 1. The summed E-state index contributed by atoms with van der Waals surface area (Å²) in [6, 6.07) is 10.4. The van der Waals surface area contributed by atoms with Gasteiger partial charge >= 0.3 is 5.97 Å². The van der Waals surface area contributed by atoms with Crippen LogP contribution < -0.4 is 5.32 Å². The van der Waals surface area contributed by atoms with Crippen LogP contribution in [0.2, 0.25) is 0 Å². The van der Waals surface area contributed by atoms with Gasteiger partial charge in [-0.2, -0.15) is 5.10 Å². The van der Waals surface area contributed by atoms with Crippen LogP contribution in [0.4, 0.5) is 0 Å². The van der Waals surface area contributed by atoms with Crippen molar-refractivity contribution in [3.63, 3.8) is 0 Å². The van der Waals surface area contributed by atoms with Crippen molar-refractivity contribution < 1.29 is 19.2 Å². The highest BCUT2D eigenvalue weighted by atomic mass is 16.5. The van der Waals surface area contributed by atoms with Gasteiger partial charge in [0.25, 0.3) is 5.91 Å². The summed E-state index contributed by atoms with van der Waals surface area (Å²) in [6.45, 7) is 4.45. The van der Waals surface area contributed by atoms with Gasteiger partial charge in [-0.25, -0.2) is 9.48 Å². The van der Waals surface area contributed by atoms with Crippen LogP contribution in [0.15, 0.2) is 47.1 Å². The second-order valence-electron chi connectivity index (χ2n) is 6.43. The van der Waals surface area contributed by atoms with Gasteiger partial charge in [-0.15, -0.1) is 0 Å². The van der Waals surface area contributed by atoms with E-state index in [1.165, 1.54) is 10.7 Å². The standard InChI is InChI=1S/C20H22N4O4/c1-3-14(4-2)17-11-18(28-23-17)19(25)21-12-13-6-5-7-15(10-13)24-9-8-16(22-24)20(26)27/h5-11,14H,3-4,12H2,1-2H3,(H,21,25)(H,26,27). The Morgan fingerprint density at radius 3 is 2.68 bits per heavy atom. The molecule has 0 aliphatic heterocycles. The molecule has 1 aromatic carbocycles.